The van der Waals surface area contributed by atoms with Gasteiger partial charge in [-0.15, -0.1) is 0 Å². The zero-order chi connectivity index (χ0) is 11.0. The Balaban J connectivity index is 2.90. The van der Waals surface area contributed by atoms with Crippen LogP contribution in [0.4, 0.5) is 0 Å². The third-order valence-electron chi connectivity index (χ3n) is 2.02. The van der Waals surface area contributed by atoms with Crippen LogP contribution < -0.4 is 10.6 Å². The molecular weight excluding hydrogens is 214 g/mol. The topological polar surface area (TPSA) is 91.5 Å². The number of carboxylic acids is 1. The third-order valence-corrected chi connectivity index (χ3v) is 3.07. The molecule has 78 valence electrons. The maximum absolute atomic E-state index is 11.0. The van der Waals surface area contributed by atoms with E-state index in [2.05, 4.69) is 10.1 Å². The fourth-order valence-corrected chi connectivity index (χ4v) is 2.31. The summed E-state index contributed by atoms with van der Waals surface area (Å²) in [5.41, 5.74) is 1.92. The molecule has 0 atom stereocenters. The van der Waals surface area contributed by atoms with E-state index in [-0.39, 0.29) is 5.56 Å². The van der Waals surface area contributed by atoms with E-state index in [1.807, 2.05) is 13.0 Å². The molecule has 0 spiro atoms. The molecule has 0 fully saturated rings. The van der Waals surface area contributed by atoms with Gasteiger partial charge in [-0.05, 0) is 24.6 Å². The molecule has 6 heteroatoms. The van der Waals surface area contributed by atoms with Crippen molar-refractivity contribution in [2.45, 2.75) is 6.92 Å². The highest BCUT2D eigenvalue weighted by Gasteiger charge is 2.11. The minimum absolute atomic E-state index is 0.279. The molecule has 0 amide bonds. The van der Waals surface area contributed by atoms with Crippen LogP contribution in [0.5, 0.6) is 0 Å². The van der Waals surface area contributed by atoms with Crippen LogP contribution in [0.3, 0.4) is 0 Å². The number of nitrogens with one attached hydrogen (secondary N) is 1. The number of nitrogens with zero attached hydrogens (tertiary/aromatic N) is 1. The number of aromatic carboxylic acids is 1. The molecule has 1 aromatic heterocycles. The number of thiazole rings is 1. The van der Waals surface area contributed by atoms with E-state index in [1.54, 1.807) is 6.07 Å². The van der Waals surface area contributed by atoms with Crippen molar-refractivity contribution in [3.8, 4) is 0 Å². The average molecular weight is 223 g/mol. The standard InChI is InChI=1S/C9H9N3O2S/c1-4-2-5(8(13)14)7-6(3-4)11-9(12-10)15-7/h2-3H,10H2,1H3,(H,11,12)(H,13,14). The van der Waals surface area contributed by atoms with E-state index in [4.69, 9.17) is 10.9 Å². The first-order valence-electron chi connectivity index (χ1n) is 4.22. The van der Waals surface area contributed by atoms with Crippen LogP contribution in [0.2, 0.25) is 0 Å². The summed E-state index contributed by atoms with van der Waals surface area (Å²) in [5.74, 6) is 4.19. The van der Waals surface area contributed by atoms with E-state index in [9.17, 15) is 4.79 Å². The Hall–Kier alpha value is -1.82. The van der Waals surface area contributed by atoms with Gasteiger partial charge in [0.2, 0.25) is 4.80 Å². The first-order valence-corrected chi connectivity index (χ1v) is 5.04. The van der Waals surface area contributed by atoms with Gasteiger partial charge in [-0.25, -0.2) is 4.79 Å². The Morgan fingerprint density at radius 2 is 2.33 bits per heavy atom. The highest BCUT2D eigenvalue weighted by molar-refractivity contribution is 7.16. The molecule has 15 heavy (non-hydrogen) atoms. The molecule has 1 aromatic carbocycles. The molecule has 0 bridgehead atoms. The Morgan fingerprint density at radius 3 is 2.93 bits per heavy atom. The van der Waals surface area contributed by atoms with Crippen molar-refractivity contribution in [2.24, 2.45) is 10.9 Å². The molecule has 0 radical (unpaired) electrons. The predicted molar refractivity (Wildman–Crippen MR) is 57.6 cm³/mol. The van der Waals surface area contributed by atoms with Crippen molar-refractivity contribution >= 4 is 27.5 Å². The molecule has 0 saturated heterocycles. The van der Waals surface area contributed by atoms with Gasteiger partial charge in [0.25, 0.3) is 0 Å². The zero-order valence-electron chi connectivity index (χ0n) is 7.94. The zero-order valence-corrected chi connectivity index (χ0v) is 8.76. The van der Waals surface area contributed by atoms with Crippen molar-refractivity contribution in [1.29, 1.82) is 0 Å². The van der Waals surface area contributed by atoms with Crippen molar-refractivity contribution in [3.05, 3.63) is 28.1 Å². The molecule has 4 N–H and O–H groups in total. The largest absolute Gasteiger partial charge is 0.478 e. The quantitative estimate of drug-likeness (QED) is 0.497. The predicted octanol–water partition coefficient (Wildman–Crippen LogP) is 1.01. The lowest BCUT2D eigenvalue weighted by Crippen LogP contribution is -2.00. The normalized spacial score (nSPS) is 12.2. The molecule has 0 aliphatic carbocycles. The summed E-state index contributed by atoms with van der Waals surface area (Å²) >= 11 is 1.23. The van der Waals surface area contributed by atoms with Gasteiger partial charge >= 0.3 is 5.97 Å². The number of carboxylic acid groups (broad SMARTS) is 1. The van der Waals surface area contributed by atoms with E-state index < -0.39 is 5.97 Å². The second-order valence-electron chi connectivity index (χ2n) is 3.16. The summed E-state index contributed by atoms with van der Waals surface area (Å²) in [6.45, 7) is 1.84. The number of fused-ring (bicyclic) bond motifs is 1. The maximum atomic E-state index is 11.0. The number of hydrogen-bond donors (Lipinski definition) is 3. The van der Waals surface area contributed by atoms with E-state index in [1.165, 1.54) is 11.3 Å². The fraction of sp³-hybridized carbons (Fsp3) is 0.111. The van der Waals surface area contributed by atoms with E-state index >= 15 is 0 Å². The molecule has 0 unspecified atom stereocenters. The van der Waals surface area contributed by atoms with Gasteiger partial charge < -0.3 is 15.9 Å². The number of aryl methyl sites for hydroxylation is 1. The van der Waals surface area contributed by atoms with Gasteiger partial charge in [0.05, 0.1) is 15.8 Å². The SMILES string of the molecule is Cc1cc(C(=O)O)c2s/c(=N/N)[nH]c2c1. The second-order valence-corrected chi connectivity index (χ2v) is 4.15. The van der Waals surface area contributed by atoms with Gasteiger partial charge in [0.1, 0.15) is 0 Å². The van der Waals surface area contributed by atoms with Crippen molar-refractivity contribution in [3.63, 3.8) is 0 Å². The first kappa shape index (κ1) is 9.72. The average Bonchev–Trinajstić information content (AvgIpc) is 2.58. The van der Waals surface area contributed by atoms with Crippen molar-refractivity contribution in [2.75, 3.05) is 0 Å². The summed E-state index contributed by atoms with van der Waals surface area (Å²) in [4.78, 5) is 14.5. The molecule has 0 saturated carbocycles. The Morgan fingerprint density at radius 1 is 1.60 bits per heavy atom. The van der Waals surface area contributed by atoms with Crippen molar-refractivity contribution < 1.29 is 9.90 Å². The van der Waals surface area contributed by atoms with Gasteiger partial charge in [0.15, 0.2) is 0 Å². The number of carbonyl (C=O) groups is 1. The van der Waals surface area contributed by atoms with Crippen LogP contribution in [0, 0.1) is 6.92 Å². The third kappa shape index (κ3) is 1.59. The van der Waals surface area contributed by atoms with Crippen LogP contribution in [0.15, 0.2) is 17.2 Å². The number of rotatable bonds is 1. The number of aromatic amines is 1. The number of H-pyrrole nitrogens is 1. The Bertz CT molecular complexity index is 597. The lowest BCUT2D eigenvalue weighted by atomic mass is 10.1. The maximum Gasteiger partial charge on any atom is 0.337 e. The van der Waals surface area contributed by atoms with Gasteiger partial charge in [-0.3, -0.25) is 0 Å². The molecule has 1 heterocycles. The molecule has 0 aliphatic rings. The van der Waals surface area contributed by atoms with E-state index in [0.717, 1.165) is 11.1 Å². The Kier molecular flexibility index (Phi) is 2.20. The highest BCUT2D eigenvalue weighted by Crippen LogP contribution is 2.21. The minimum atomic E-state index is -0.942. The van der Waals surface area contributed by atoms with Crippen LogP contribution in [0.1, 0.15) is 15.9 Å². The fourth-order valence-electron chi connectivity index (χ4n) is 1.43. The number of nitrogens with two attached hydrogens (primary N) is 1. The van der Waals surface area contributed by atoms with E-state index in [0.29, 0.717) is 9.50 Å². The number of benzene rings is 1. The lowest BCUT2D eigenvalue weighted by molar-refractivity contribution is 0.0699. The number of hydrogen-bond acceptors (Lipinski definition) is 4. The molecule has 5 nitrogen and oxygen atoms in total. The van der Waals surface area contributed by atoms with Gasteiger partial charge in [-0.1, -0.05) is 11.3 Å². The van der Waals surface area contributed by atoms with Crippen LogP contribution in [-0.2, 0) is 0 Å². The smallest absolute Gasteiger partial charge is 0.337 e. The van der Waals surface area contributed by atoms with Crippen molar-refractivity contribution in [1.82, 2.24) is 4.98 Å². The summed E-state index contributed by atoms with van der Waals surface area (Å²) in [5, 5.41) is 12.5. The molecule has 2 rings (SSSR count). The molecule has 0 aliphatic heterocycles. The molecule has 2 aromatic rings. The highest BCUT2D eigenvalue weighted by atomic mass is 32.1. The monoisotopic (exact) mass is 223 g/mol. The lowest BCUT2D eigenvalue weighted by Gasteiger charge is -1.98. The molecular formula is C9H9N3O2S. The Labute approximate surface area is 88.9 Å². The van der Waals surface area contributed by atoms with Crippen LogP contribution in [0.25, 0.3) is 10.2 Å². The number of aromatic nitrogens is 1. The first-order chi connectivity index (χ1) is 7.11. The summed E-state index contributed by atoms with van der Waals surface area (Å²) in [6.07, 6.45) is 0. The second kappa shape index (κ2) is 3.39. The minimum Gasteiger partial charge on any atom is -0.478 e. The van der Waals surface area contributed by atoms with Gasteiger partial charge in [0, 0.05) is 0 Å². The van der Waals surface area contributed by atoms with Crippen LogP contribution in [-0.4, -0.2) is 16.1 Å². The summed E-state index contributed by atoms with van der Waals surface area (Å²) in [7, 11) is 0. The van der Waals surface area contributed by atoms with Gasteiger partial charge in [-0.2, -0.15) is 5.10 Å². The summed E-state index contributed by atoms with van der Waals surface area (Å²) < 4.78 is 0.664. The van der Waals surface area contributed by atoms with Crippen LogP contribution >= 0.6 is 11.3 Å². The summed E-state index contributed by atoms with van der Waals surface area (Å²) in [6, 6.07) is 3.50.